The monoisotopic (exact) mass is 1750 g/mol. The number of carbonyl (C=O) groups excluding carboxylic acids is 6. The summed E-state index contributed by atoms with van der Waals surface area (Å²) < 4.78 is 142. The SMILES string of the molecule is CC(=O)c1cccc(C(=O)Nc2ccccc2S(=O)(=O)N2CCOCC2)c1.CCS(=O)(=O)Nc1ccccc1C(=O)Nc1ccccc1.CS(=O)(=O)Nc1ccccc1C(=O)Nc1ccc(Br)cc1.CS(=O)(=O)Nc1ccccc1C(=O)Nc1ccc(CC#N)cc1.Cc1ccc(C(=O)Cc2ccccc2S(=O)(=O)N2CCOCC2)cc1. The van der Waals surface area contributed by atoms with Gasteiger partial charge in [-0.15, -0.1) is 0 Å². The molecule has 0 spiro atoms. The van der Waals surface area contributed by atoms with Crippen LogP contribution in [0.3, 0.4) is 0 Å². The number of amides is 4. The van der Waals surface area contributed by atoms with Crippen molar-refractivity contribution in [3.8, 4) is 6.07 Å². The van der Waals surface area contributed by atoms with Crippen LogP contribution in [-0.2, 0) is 72.4 Å². The average Bonchev–Trinajstić information content (AvgIpc) is 0.791. The highest BCUT2D eigenvalue weighted by atomic mass is 79.9. The number of aryl methyl sites for hydroxylation is 1. The molecule has 4 amide bonds. The normalized spacial score (nSPS) is 12.9. The number of nitriles is 1. The van der Waals surface area contributed by atoms with Crippen LogP contribution in [0.2, 0.25) is 0 Å². The number of anilines is 7. The average molecular weight is 1750 g/mol. The van der Waals surface area contributed by atoms with Crippen LogP contribution in [0.15, 0.2) is 263 Å². The second kappa shape index (κ2) is 42.8. The molecule has 0 radical (unpaired) electrons. The Morgan fingerprint density at radius 2 is 0.829 bits per heavy atom. The number of halogens is 1. The van der Waals surface area contributed by atoms with E-state index in [9.17, 15) is 70.9 Å². The Hall–Kier alpha value is -11.6. The molecule has 612 valence electrons. The van der Waals surface area contributed by atoms with E-state index in [1.165, 1.54) is 52.8 Å². The van der Waals surface area contributed by atoms with Gasteiger partial charge < -0.3 is 30.7 Å². The number of hydrogen-bond acceptors (Lipinski definition) is 19. The fraction of sp³-hybridized carbons (Fsp3) is 0.193. The molecule has 2 aliphatic rings. The summed E-state index contributed by atoms with van der Waals surface area (Å²) in [6.45, 7) is 7.58. The lowest BCUT2D eigenvalue weighted by molar-refractivity contribution is 0.0730. The highest BCUT2D eigenvalue weighted by molar-refractivity contribution is 9.10. The molecule has 0 atom stereocenters. The van der Waals surface area contributed by atoms with Crippen LogP contribution >= 0.6 is 15.9 Å². The van der Waals surface area contributed by atoms with Gasteiger partial charge in [-0.2, -0.15) is 13.9 Å². The number of ether oxygens (including phenoxy) is 2. The first-order chi connectivity index (χ1) is 55.6. The number of nitrogens with one attached hydrogen (secondary N) is 7. The third-order valence-electron chi connectivity index (χ3n) is 16.9. The number of para-hydroxylation sites is 5. The van der Waals surface area contributed by atoms with Gasteiger partial charge in [0.25, 0.3) is 23.6 Å². The number of benzene rings is 10. The predicted octanol–water partition coefficient (Wildman–Crippen LogP) is 12.8. The number of carbonyl (C=O) groups is 6. The van der Waals surface area contributed by atoms with Crippen LogP contribution < -0.4 is 35.4 Å². The van der Waals surface area contributed by atoms with E-state index in [0.29, 0.717) is 79.7 Å². The molecule has 0 bridgehead atoms. The Labute approximate surface area is 689 Å². The number of rotatable bonds is 24. The molecule has 10 aromatic carbocycles. The Morgan fingerprint density at radius 1 is 0.427 bits per heavy atom. The zero-order valence-electron chi connectivity index (χ0n) is 64.1. The Kier molecular flexibility index (Phi) is 33.3. The fourth-order valence-corrected chi connectivity index (χ4v) is 16.3. The number of sulfonamides is 5. The molecule has 2 fully saturated rings. The number of nitrogens with zero attached hydrogens (tertiary/aromatic N) is 3. The molecule has 10 aromatic rings. The van der Waals surface area contributed by atoms with Gasteiger partial charge >= 0.3 is 0 Å². The van der Waals surface area contributed by atoms with Gasteiger partial charge in [-0.3, -0.25) is 42.9 Å². The number of morpholine rings is 2. The van der Waals surface area contributed by atoms with Crippen molar-refractivity contribution in [3.05, 3.63) is 303 Å². The van der Waals surface area contributed by atoms with Crippen LogP contribution in [0, 0.1) is 18.3 Å². The number of hydrogen-bond donors (Lipinski definition) is 7. The second-order valence-electron chi connectivity index (χ2n) is 25.9. The minimum atomic E-state index is -3.76. The van der Waals surface area contributed by atoms with Crippen LogP contribution in [-0.4, -0.2) is 157 Å². The van der Waals surface area contributed by atoms with Crippen LogP contribution in [0.4, 0.5) is 39.8 Å². The number of ketones is 2. The maximum absolute atomic E-state index is 12.9. The standard InChI is InChI=1S/C19H20N2O5S.C19H21NO4S.C16H15N3O3S.C15H16N2O3S.C14H13BrN2O3S/c1-14(22)15-5-4-6-16(13-15)19(23)20-17-7-2-3-8-18(17)27(24,25)21-9-11-26-12-10-21;1-15-6-8-16(9-7-15)18(21)14-17-4-2-3-5-19(17)25(22,23)20-10-12-24-13-11-20;1-23(21,22)19-15-5-3-2-4-14(15)16(20)18-13-8-6-12(7-9-13)10-11-17;1-2-21(19,20)17-14-11-7-6-10-13(14)15(18)16-12-8-4-3-5-9-12;1-21(19,20)17-13-5-3-2-4-12(13)14(18)16-11-8-6-10(15)7-9-11/h2-8,13H,9-12H2,1H3,(H,20,23);2-9H,10-14H2,1H3;2-9,19H,10H2,1H3,(H,18,20);3-11,17H,2H2,1H3,(H,16,18);2-9,17H,1H3,(H,16,18). The van der Waals surface area contributed by atoms with Crippen molar-refractivity contribution in [2.45, 2.75) is 43.4 Å². The van der Waals surface area contributed by atoms with Crippen molar-refractivity contribution < 1.29 is 80.3 Å². The van der Waals surface area contributed by atoms with Gasteiger partial charge in [0.15, 0.2) is 11.6 Å². The molecule has 12 rings (SSSR count). The molecule has 0 saturated carbocycles. The van der Waals surface area contributed by atoms with Gasteiger partial charge in [-0.25, -0.2) is 42.1 Å². The van der Waals surface area contributed by atoms with E-state index >= 15 is 0 Å². The van der Waals surface area contributed by atoms with E-state index in [4.69, 9.17) is 14.7 Å². The van der Waals surface area contributed by atoms with Crippen LogP contribution in [0.5, 0.6) is 0 Å². The van der Waals surface area contributed by atoms with E-state index in [-0.39, 0.29) is 103 Å². The van der Waals surface area contributed by atoms with Gasteiger partial charge in [0, 0.05) is 70.8 Å². The maximum atomic E-state index is 12.9. The van der Waals surface area contributed by atoms with Gasteiger partial charge in [-0.05, 0) is 147 Å². The minimum Gasteiger partial charge on any atom is -0.379 e. The molecular weight excluding hydrogens is 1670 g/mol. The maximum Gasteiger partial charge on any atom is 0.257 e. The van der Waals surface area contributed by atoms with Gasteiger partial charge in [-0.1, -0.05) is 155 Å². The fourth-order valence-electron chi connectivity index (χ4n) is 11.0. The number of Topliss-reactive ketones (excluding diaryl/α,β-unsaturated/α-hetero) is 2. The highest BCUT2D eigenvalue weighted by Gasteiger charge is 2.31. The Bertz CT molecular complexity index is 5820. The molecule has 28 nitrogen and oxygen atoms in total. The second-order valence-corrected chi connectivity index (χ2v) is 36.1. The van der Waals surface area contributed by atoms with Gasteiger partial charge in [0.05, 0.1) is 102 Å². The summed E-state index contributed by atoms with van der Waals surface area (Å²) in [5, 5.41) is 19.4. The molecule has 0 unspecified atom stereocenters. The summed E-state index contributed by atoms with van der Waals surface area (Å²) in [7, 11) is -17.7. The molecule has 2 heterocycles. The van der Waals surface area contributed by atoms with Gasteiger partial charge in [0.1, 0.15) is 4.90 Å². The lowest BCUT2D eigenvalue weighted by atomic mass is 10.0. The Balaban J connectivity index is 0.000000183. The zero-order valence-corrected chi connectivity index (χ0v) is 69.7. The van der Waals surface area contributed by atoms with Crippen LogP contribution in [0.1, 0.15) is 92.7 Å². The summed E-state index contributed by atoms with van der Waals surface area (Å²) in [6, 6.07) is 70.9. The summed E-state index contributed by atoms with van der Waals surface area (Å²) in [5.41, 5.74) is 7.25. The quantitative estimate of drug-likeness (QED) is 0.0276. The topological polar surface area (TPSA) is 406 Å². The molecule has 2 saturated heterocycles. The first-order valence-corrected chi connectivity index (χ1v) is 45.0. The largest absolute Gasteiger partial charge is 0.379 e. The highest BCUT2D eigenvalue weighted by Crippen LogP contribution is 2.29. The van der Waals surface area contributed by atoms with Gasteiger partial charge in [0.2, 0.25) is 50.1 Å². The lowest BCUT2D eigenvalue weighted by Crippen LogP contribution is -2.41. The van der Waals surface area contributed by atoms with E-state index in [0.717, 1.165) is 28.1 Å². The van der Waals surface area contributed by atoms with Crippen molar-refractivity contribution in [3.63, 3.8) is 0 Å². The zero-order chi connectivity index (χ0) is 84.9. The van der Waals surface area contributed by atoms with E-state index in [1.807, 2.05) is 31.2 Å². The lowest BCUT2D eigenvalue weighted by Gasteiger charge is -2.27. The summed E-state index contributed by atoms with van der Waals surface area (Å²) in [5.74, 6) is -1.96. The van der Waals surface area contributed by atoms with Crippen molar-refractivity contribution in [1.82, 2.24) is 8.61 Å². The summed E-state index contributed by atoms with van der Waals surface area (Å²) in [6.07, 6.45) is 2.42. The smallest absolute Gasteiger partial charge is 0.257 e. The van der Waals surface area contributed by atoms with E-state index < -0.39 is 61.9 Å². The third kappa shape index (κ3) is 28.4. The molecular formula is C83H85BrN10O18S5. The molecule has 0 aromatic heterocycles. The van der Waals surface area contributed by atoms with Crippen LogP contribution in [0.25, 0.3) is 0 Å². The summed E-state index contributed by atoms with van der Waals surface area (Å²) >= 11 is 3.31. The molecule has 7 N–H and O–H groups in total. The van der Waals surface area contributed by atoms with Crippen molar-refractivity contribution in [2.75, 3.05) is 106 Å². The van der Waals surface area contributed by atoms with Crippen molar-refractivity contribution in [1.29, 1.82) is 5.26 Å². The van der Waals surface area contributed by atoms with E-state index in [1.54, 1.807) is 200 Å². The third-order valence-corrected chi connectivity index (χ3v) is 23.9. The molecule has 2 aliphatic heterocycles. The first-order valence-electron chi connectivity index (χ1n) is 35.9. The minimum absolute atomic E-state index is 0.0305. The van der Waals surface area contributed by atoms with Crippen molar-refractivity contribution in [2.24, 2.45) is 0 Å². The Morgan fingerprint density at radius 3 is 1.29 bits per heavy atom. The molecule has 34 heteroatoms. The molecule has 0 aliphatic carbocycles. The summed E-state index contributed by atoms with van der Waals surface area (Å²) in [4.78, 5) is 73.7. The first kappa shape index (κ1) is 90.9. The van der Waals surface area contributed by atoms with E-state index in [2.05, 4.69) is 51.4 Å². The predicted molar refractivity (Wildman–Crippen MR) is 455 cm³/mol. The van der Waals surface area contributed by atoms with Crippen molar-refractivity contribution >= 4 is 141 Å². The molecule has 117 heavy (non-hydrogen) atoms.